The van der Waals surface area contributed by atoms with Gasteiger partial charge in [0.2, 0.25) is 5.91 Å². The van der Waals surface area contributed by atoms with Gasteiger partial charge in [-0.1, -0.05) is 0 Å². The normalized spacial score (nSPS) is 26.4. The molecule has 2 aliphatic rings. The van der Waals surface area contributed by atoms with Crippen LogP contribution >= 0.6 is 0 Å². The monoisotopic (exact) mass is 281 g/mol. The van der Waals surface area contributed by atoms with Gasteiger partial charge in [-0.3, -0.25) is 19.8 Å². The maximum absolute atomic E-state index is 11.9. The zero-order valence-electron chi connectivity index (χ0n) is 12.4. The minimum absolute atomic E-state index is 0.178. The highest BCUT2D eigenvalue weighted by Gasteiger charge is 2.40. The van der Waals surface area contributed by atoms with Crippen LogP contribution in [0, 0.1) is 0 Å². The van der Waals surface area contributed by atoms with Crippen LogP contribution in [0.5, 0.6) is 0 Å². The quantitative estimate of drug-likeness (QED) is 0.785. The lowest BCUT2D eigenvalue weighted by Crippen LogP contribution is -2.52. The van der Waals surface area contributed by atoms with Crippen LogP contribution in [-0.2, 0) is 9.59 Å². The number of imide groups is 1. The van der Waals surface area contributed by atoms with E-state index >= 15 is 0 Å². The molecule has 0 aromatic carbocycles. The van der Waals surface area contributed by atoms with Gasteiger partial charge < -0.3 is 5.32 Å². The molecule has 6 nitrogen and oxygen atoms in total. The fourth-order valence-electron chi connectivity index (χ4n) is 3.02. The maximum atomic E-state index is 11.9. The lowest BCUT2D eigenvalue weighted by atomic mass is 10.0. The smallest absolute Gasteiger partial charge is 0.321 e. The van der Waals surface area contributed by atoms with Gasteiger partial charge >= 0.3 is 6.03 Å². The molecule has 2 atom stereocenters. The molecular formula is C14H23N3O3. The number of carbonyl (C=O) groups is 3. The number of amides is 3. The molecule has 2 N–H and O–H groups in total. The summed E-state index contributed by atoms with van der Waals surface area (Å²) in [4.78, 5) is 37.1. The van der Waals surface area contributed by atoms with Crippen molar-refractivity contribution in [3.05, 3.63) is 0 Å². The number of nitrogens with one attached hydrogen (secondary N) is 2. The first-order valence-corrected chi connectivity index (χ1v) is 7.14. The molecule has 3 amide bonds. The molecule has 2 aliphatic heterocycles. The Labute approximate surface area is 119 Å². The van der Waals surface area contributed by atoms with Gasteiger partial charge in [0.1, 0.15) is 5.78 Å². The second kappa shape index (κ2) is 5.52. The molecule has 2 fully saturated rings. The number of nitrogens with zero attached hydrogens (tertiary/aromatic N) is 1. The Bertz CT molecular complexity index is 412. The molecular weight excluding hydrogens is 258 g/mol. The predicted molar refractivity (Wildman–Crippen MR) is 74.2 cm³/mol. The molecule has 0 aliphatic carbocycles. The summed E-state index contributed by atoms with van der Waals surface area (Å²) in [6.45, 7) is 5.76. The molecule has 0 radical (unpaired) electrons. The second-order valence-electron chi connectivity index (χ2n) is 6.76. The summed E-state index contributed by atoms with van der Waals surface area (Å²) in [7, 11) is 0. The molecule has 0 aromatic heterocycles. The van der Waals surface area contributed by atoms with E-state index in [2.05, 4.69) is 15.5 Å². The summed E-state index contributed by atoms with van der Waals surface area (Å²) in [6, 6.07) is -0.113. The number of Topliss-reactive ketones (excluding diaryl/α,β-unsaturated/α-hetero) is 1. The van der Waals surface area contributed by atoms with E-state index in [1.54, 1.807) is 0 Å². The predicted octanol–water partition coefficient (Wildman–Crippen LogP) is 0.807. The molecule has 0 spiro atoms. The van der Waals surface area contributed by atoms with Crippen molar-refractivity contribution >= 4 is 17.7 Å². The van der Waals surface area contributed by atoms with Crippen molar-refractivity contribution in [2.24, 2.45) is 0 Å². The first kappa shape index (κ1) is 15.0. The highest BCUT2D eigenvalue weighted by atomic mass is 16.2. The van der Waals surface area contributed by atoms with E-state index in [4.69, 9.17) is 0 Å². The van der Waals surface area contributed by atoms with Crippen molar-refractivity contribution < 1.29 is 14.4 Å². The third-order valence-corrected chi connectivity index (χ3v) is 3.77. The molecule has 2 saturated heterocycles. The van der Waals surface area contributed by atoms with Crippen LogP contribution in [-0.4, -0.2) is 46.8 Å². The molecule has 2 unspecified atom stereocenters. The number of ketones is 1. The van der Waals surface area contributed by atoms with Crippen LogP contribution < -0.4 is 10.6 Å². The van der Waals surface area contributed by atoms with Crippen LogP contribution in [0.1, 0.15) is 46.5 Å². The number of hydrogen-bond donors (Lipinski definition) is 2. The summed E-state index contributed by atoms with van der Waals surface area (Å²) in [6.07, 6.45) is 3.02. The maximum Gasteiger partial charge on any atom is 0.321 e. The van der Waals surface area contributed by atoms with E-state index in [0.29, 0.717) is 18.6 Å². The molecule has 0 saturated carbocycles. The first-order valence-electron chi connectivity index (χ1n) is 7.14. The van der Waals surface area contributed by atoms with E-state index in [0.717, 1.165) is 12.8 Å². The zero-order valence-corrected chi connectivity index (χ0v) is 12.4. The van der Waals surface area contributed by atoms with Crippen LogP contribution in [0.3, 0.4) is 0 Å². The summed E-state index contributed by atoms with van der Waals surface area (Å²) in [5.74, 6) is -0.0161. The van der Waals surface area contributed by atoms with Gasteiger partial charge in [0.15, 0.2) is 0 Å². The van der Waals surface area contributed by atoms with Crippen molar-refractivity contribution in [3.63, 3.8) is 0 Å². The Morgan fingerprint density at radius 3 is 2.25 bits per heavy atom. The van der Waals surface area contributed by atoms with Gasteiger partial charge in [-0.2, -0.15) is 0 Å². The number of rotatable bonds is 2. The molecule has 0 aromatic rings. The molecule has 112 valence electrons. The average Bonchev–Trinajstić information content (AvgIpc) is 2.51. The number of hydrogen-bond acceptors (Lipinski definition) is 4. The fraction of sp³-hybridized carbons (Fsp3) is 0.786. The fourth-order valence-corrected chi connectivity index (χ4v) is 3.02. The summed E-state index contributed by atoms with van der Waals surface area (Å²) >= 11 is 0. The molecule has 20 heavy (non-hydrogen) atoms. The van der Waals surface area contributed by atoms with Crippen molar-refractivity contribution in [1.82, 2.24) is 15.5 Å². The SMILES string of the molecule is CC(C)(C)NC(=O)NC(=O)CN1C2CCC1CC(=O)C2. The highest BCUT2D eigenvalue weighted by Crippen LogP contribution is 2.33. The van der Waals surface area contributed by atoms with Crippen molar-refractivity contribution in [3.8, 4) is 0 Å². The van der Waals surface area contributed by atoms with E-state index in [1.807, 2.05) is 20.8 Å². The Hall–Kier alpha value is -1.43. The Balaban J connectivity index is 1.84. The summed E-state index contributed by atoms with van der Waals surface area (Å²) < 4.78 is 0. The first-order chi connectivity index (χ1) is 9.24. The Kier molecular flexibility index (Phi) is 4.13. The lowest BCUT2D eigenvalue weighted by Gasteiger charge is -2.33. The van der Waals surface area contributed by atoms with Crippen LogP contribution in [0.4, 0.5) is 4.79 Å². The molecule has 2 rings (SSSR count). The van der Waals surface area contributed by atoms with E-state index < -0.39 is 6.03 Å². The van der Waals surface area contributed by atoms with Crippen LogP contribution in [0.15, 0.2) is 0 Å². The van der Waals surface area contributed by atoms with Gasteiger partial charge in [-0.15, -0.1) is 0 Å². The molecule has 6 heteroatoms. The van der Waals surface area contributed by atoms with Gasteiger partial charge in [0, 0.05) is 30.5 Å². The van der Waals surface area contributed by atoms with Crippen molar-refractivity contribution in [2.75, 3.05) is 6.54 Å². The van der Waals surface area contributed by atoms with Gasteiger partial charge in [0.25, 0.3) is 0 Å². The van der Waals surface area contributed by atoms with E-state index in [9.17, 15) is 14.4 Å². The third-order valence-electron chi connectivity index (χ3n) is 3.77. The third kappa shape index (κ3) is 3.79. The summed E-state index contributed by atoms with van der Waals surface area (Å²) in [5.41, 5.74) is -0.374. The van der Waals surface area contributed by atoms with E-state index in [1.165, 1.54) is 0 Å². The van der Waals surface area contributed by atoms with E-state index in [-0.39, 0.29) is 30.1 Å². The van der Waals surface area contributed by atoms with Crippen molar-refractivity contribution in [1.29, 1.82) is 0 Å². The number of urea groups is 1. The minimum Gasteiger partial charge on any atom is -0.333 e. The standard InChI is InChI=1S/C14H23N3O3/c1-14(2,3)16-13(20)15-12(19)8-17-9-4-5-10(17)7-11(18)6-9/h9-10H,4-8H2,1-3H3,(H2,15,16,19,20). The van der Waals surface area contributed by atoms with Crippen molar-refractivity contribution in [2.45, 2.75) is 64.1 Å². The summed E-state index contributed by atoms with van der Waals surface area (Å²) in [5, 5.41) is 5.04. The number of carbonyl (C=O) groups excluding carboxylic acids is 3. The number of fused-ring (bicyclic) bond motifs is 2. The average molecular weight is 281 g/mol. The molecule has 2 bridgehead atoms. The lowest BCUT2D eigenvalue weighted by molar-refractivity contribution is -0.128. The number of piperidine rings is 1. The Morgan fingerprint density at radius 2 is 1.75 bits per heavy atom. The minimum atomic E-state index is -0.470. The second-order valence-corrected chi connectivity index (χ2v) is 6.76. The van der Waals surface area contributed by atoms with Crippen LogP contribution in [0.2, 0.25) is 0 Å². The largest absolute Gasteiger partial charge is 0.333 e. The Morgan fingerprint density at radius 1 is 1.20 bits per heavy atom. The van der Waals surface area contributed by atoms with Crippen LogP contribution in [0.25, 0.3) is 0 Å². The van der Waals surface area contributed by atoms with Gasteiger partial charge in [-0.05, 0) is 33.6 Å². The van der Waals surface area contributed by atoms with Gasteiger partial charge in [0.05, 0.1) is 6.54 Å². The van der Waals surface area contributed by atoms with Gasteiger partial charge in [-0.25, -0.2) is 4.79 Å². The molecule has 2 heterocycles. The topological polar surface area (TPSA) is 78.5 Å². The zero-order chi connectivity index (χ0) is 14.9. The highest BCUT2D eigenvalue weighted by molar-refractivity contribution is 5.95.